The molecule has 1 saturated heterocycles. The van der Waals surface area contributed by atoms with Gasteiger partial charge in [-0.2, -0.15) is 0 Å². The third-order valence-electron chi connectivity index (χ3n) is 4.65. The lowest BCUT2D eigenvalue weighted by atomic mass is 10.2. The van der Waals surface area contributed by atoms with Crippen LogP contribution in [0.3, 0.4) is 0 Å². The highest BCUT2D eigenvalue weighted by Gasteiger charge is 2.21. The second-order valence-corrected chi connectivity index (χ2v) is 8.27. The summed E-state index contributed by atoms with van der Waals surface area (Å²) in [6, 6.07) is 5.62. The highest BCUT2D eigenvalue weighted by Crippen LogP contribution is 2.34. The summed E-state index contributed by atoms with van der Waals surface area (Å²) in [5, 5.41) is 4.87. The van der Waals surface area contributed by atoms with Crippen LogP contribution >= 0.6 is 27.3 Å². The minimum atomic E-state index is -0.898. The van der Waals surface area contributed by atoms with E-state index in [1.807, 2.05) is 16.0 Å². The minimum Gasteiger partial charge on any atom is -0.376 e. The summed E-state index contributed by atoms with van der Waals surface area (Å²) in [6.45, 7) is 1.46. The second-order valence-electron chi connectivity index (χ2n) is 6.51. The molecule has 3 heterocycles. The molecule has 8 heteroatoms. The standard InChI is InChI=1S/C19H17BrF2N2O2S/c20-13-10-27-17-7-16(19(25)23-8-12-2-1-5-26-12)24(18(13)17)9-11-3-4-14(21)15(22)6-11/h3-4,6-7,10,12H,1-2,5,8-9H2,(H,23,25)/t12-/m0/s1. The number of aromatic nitrogens is 1. The number of rotatable bonds is 5. The van der Waals surface area contributed by atoms with E-state index in [0.29, 0.717) is 17.8 Å². The van der Waals surface area contributed by atoms with Gasteiger partial charge in [0.05, 0.1) is 20.8 Å². The normalized spacial score (nSPS) is 16.9. The predicted molar refractivity (Wildman–Crippen MR) is 104 cm³/mol. The molecular weight excluding hydrogens is 438 g/mol. The van der Waals surface area contributed by atoms with Crippen LogP contribution in [0.1, 0.15) is 28.9 Å². The predicted octanol–water partition coefficient (Wildman–Crippen LogP) is 4.70. The van der Waals surface area contributed by atoms with Crippen LogP contribution in [-0.2, 0) is 11.3 Å². The number of amides is 1. The average Bonchev–Trinajstić information content (AvgIpc) is 3.36. The molecule has 0 spiro atoms. The van der Waals surface area contributed by atoms with Gasteiger partial charge in [0.15, 0.2) is 11.6 Å². The second kappa shape index (κ2) is 7.69. The highest BCUT2D eigenvalue weighted by atomic mass is 79.9. The zero-order chi connectivity index (χ0) is 19.0. The van der Waals surface area contributed by atoms with Gasteiger partial charge < -0.3 is 14.6 Å². The lowest BCUT2D eigenvalue weighted by Crippen LogP contribution is -2.33. The molecule has 0 unspecified atom stereocenters. The van der Waals surface area contributed by atoms with Crippen molar-refractivity contribution in [2.45, 2.75) is 25.5 Å². The first-order chi connectivity index (χ1) is 13.0. The number of hydrogen-bond donors (Lipinski definition) is 1. The first kappa shape index (κ1) is 18.6. The molecule has 1 fully saturated rings. The van der Waals surface area contributed by atoms with Crippen molar-refractivity contribution < 1.29 is 18.3 Å². The number of nitrogens with zero attached hydrogens (tertiary/aromatic N) is 1. The van der Waals surface area contributed by atoms with Crippen molar-refractivity contribution in [3.05, 3.63) is 57.0 Å². The lowest BCUT2D eigenvalue weighted by molar-refractivity contribution is 0.0851. The number of carbonyl (C=O) groups is 1. The average molecular weight is 455 g/mol. The van der Waals surface area contributed by atoms with E-state index in [1.54, 1.807) is 0 Å². The van der Waals surface area contributed by atoms with Crippen LogP contribution in [-0.4, -0.2) is 29.7 Å². The van der Waals surface area contributed by atoms with Gasteiger partial charge in [-0.15, -0.1) is 11.3 Å². The number of halogens is 3. The number of hydrogen-bond acceptors (Lipinski definition) is 3. The zero-order valence-corrected chi connectivity index (χ0v) is 16.7. The molecule has 1 aliphatic heterocycles. The fraction of sp³-hybridized carbons (Fsp3) is 0.316. The molecule has 1 N–H and O–H groups in total. The first-order valence-electron chi connectivity index (χ1n) is 8.63. The smallest absolute Gasteiger partial charge is 0.268 e. The van der Waals surface area contributed by atoms with Gasteiger partial charge in [0.2, 0.25) is 0 Å². The van der Waals surface area contributed by atoms with Crippen molar-refractivity contribution in [3.63, 3.8) is 0 Å². The number of thiophene rings is 1. The van der Waals surface area contributed by atoms with E-state index >= 15 is 0 Å². The van der Waals surface area contributed by atoms with Crippen molar-refractivity contribution in [2.75, 3.05) is 13.2 Å². The fourth-order valence-corrected chi connectivity index (χ4v) is 5.00. The Morgan fingerprint density at radius 1 is 1.33 bits per heavy atom. The fourth-order valence-electron chi connectivity index (χ4n) is 3.31. The summed E-state index contributed by atoms with van der Waals surface area (Å²) in [5.74, 6) is -1.99. The van der Waals surface area contributed by atoms with E-state index in [2.05, 4.69) is 21.2 Å². The third kappa shape index (κ3) is 3.79. The molecule has 3 aromatic rings. The molecule has 1 amide bonds. The van der Waals surface area contributed by atoms with E-state index in [1.165, 1.54) is 17.4 Å². The summed E-state index contributed by atoms with van der Waals surface area (Å²) < 4.78 is 36.0. The Balaban J connectivity index is 1.64. The van der Waals surface area contributed by atoms with Crippen molar-refractivity contribution >= 4 is 43.4 Å². The summed E-state index contributed by atoms with van der Waals surface area (Å²) in [5.41, 5.74) is 1.94. The van der Waals surface area contributed by atoms with Crippen LogP contribution in [0.5, 0.6) is 0 Å². The Morgan fingerprint density at radius 3 is 2.93 bits per heavy atom. The number of ether oxygens (including phenoxy) is 1. The van der Waals surface area contributed by atoms with Gasteiger partial charge in [-0.3, -0.25) is 4.79 Å². The first-order valence-corrected chi connectivity index (χ1v) is 10.3. The molecule has 142 valence electrons. The molecule has 0 radical (unpaired) electrons. The van der Waals surface area contributed by atoms with Crippen LogP contribution < -0.4 is 5.32 Å². The molecule has 0 saturated carbocycles. The van der Waals surface area contributed by atoms with Gasteiger partial charge in [0.25, 0.3) is 5.91 Å². The summed E-state index contributed by atoms with van der Waals surface area (Å²) in [7, 11) is 0. The van der Waals surface area contributed by atoms with Gasteiger partial charge in [-0.25, -0.2) is 8.78 Å². The minimum absolute atomic E-state index is 0.0522. The maximum Gasteiger partial charge on any atom is 0.268 e. The van der Waals surface area contributed by atoms with Crippen molar-refractivity contribution in [1.29, 1.82) is 0 Å². The maximum absolute atomic E-state index is 13.6. The Hall–Kier alpha value is -1.77. The number of nitrogens with one attached hydrogen (secondary N) is 1. The molecule has 0 aliphatic carbocycles. The van der Waals surface area contributed by atoms with Gasteiger partial charge in [-0.1, -0.05) is 6.07 Å². The molecule has 1 aromatic carbocycles. The van der Waals surface area contributed by atoms with Crippen LogP contribution in [0.2, 0.25) is 0 Å². The number of fused-ring (bicyclic) bond motifs is 1. The molecule has 4 rings (SSSR count). The van der Waals surface area contributed by atoms with Gasteiger partial charge >= 0.3 is 0 Å². The Kier molecular flexibility index (Phi) is 5.29. The molecular formula is C19H17BrF2N2O2S. The number of benzene rings is 1. The molecule has 27 heavy (non-hydrogen) atoms. The van der Waals surface area contributed by atoms with Crippen LogP contribution in [0, 0.1) is 11.6 Å². The van der Waals surface area contributed by atoms with Gasteiger partial charge in [0, 0.05) is 25.1 Å². The van der Waals surface area contributed by atoms with Crippen molar-refractivity contribution in [3.8, 4) is 0 Å². The van der Waals surface area contributed by atoms with E-state index in [-0.39, 0.29) is 18.6 Å². The van der Waals surface area contributed by atoms with Crippen LogP contribution in [0.25, 0.3) is 10.2 Å². The molecule has 1 aliphatic rings. The SMILES string of the molecule is O=C(NC[C@@H]1CCCO1)c1cc2scc(Br)c2n1Cc1ccc(F)c(F)c1. The summed E-state index contributed by atoms with van der Waals surface area (Å²) >= 11 is 5.04. The maximum atomic E-state index is 13.6. The molecule has 0 bridgehead atoms. The quantitative estimate of drug-likeness (QED) is 0.606. The van der Waals surface area contributed by atoms with Crippen LogP contribution in [0.4, 0.5) is 8.78 Å². The Morgan fingerprint density at radius 2 is 2.19 bits per heavy atom. The largest absolute Gasteiger partial charge is 0.376 e. The summed E-state index contributed by atoms with van der Waals surface area (Å²) in [4.78, 5) is 12.8. The topological polar surface area (TPSA) is 43.3 Å². The molecule has 1 atom stereocenters. The third-order valence-corrected chi connectivity index (χ3v) is 6.48. The Bertz CT molecular complexity index is 995. The van der Waals surface area contributed by atoms with Gasteiger partial charge in [0.1, 0.15) is 5.69 Å². The molecule has 2 aromatic heterocycles. The Labute approximate surface area is 167 Å². The van der Waals surface area contributed by atoms with E-state index in [9.17, 15) is 13.6 Å². The number of carbonyl (C=O) groups excluding carboxylic acids is 1. The van der Waals surface area contributed by atoms with E-state index < -0.39 is 11.6 Å². The van der Waals surface area contributed by atoms with Crippen molar-refractivity contribution in [2.24, 2.45) is 0 Å². The highest BCUT2D eigenvalue weighted by molar-refractivity contribution is 9.10. The zero-order valence-electron chi connectivity index (χ0n) is 14.3. The van der Waals surface area contributed by atoms with E-state index in [4.69, 9.17) is 4.74 Å². The van der Waals surface area contributed by atoms with Gasteiger partial charge in [-0.05, 0) is 52.5 Å². The van der Waals surface area contributed by atoms with E-state index in [0.717, 1.165) is 46.3 Å². The lowest BCUT2D eigenvalue weighted by Gasteiger charge is -2.14. The summed E-state index contributed by atoms with van der Waals surface area (Å²) in [6.07, 6.45) is 2.00. The van der Waals surface area contributed by atoms with Crippen molar-refractivity contribution in [1.82, 2.24) is 9.88 Å². The monoisotopic (exact) mass is 454 g/mol. The van der Waals surface area contributed by atoms with Crippen LogP contribution in [0.15, 0.2) is 34.1 Å². The molecule has 4 nitrogen and oxygen atoms in total.